The van der Waals surface area contributed by atoms with Crippen LogP contribution in [0.4, 0.5) is 11.4 Å². The Morgan fingerprint density at radius 3 is 2.60 bits per heavy atom. The third-order valence-electron chi connectivity index (χ3n) is 5.73. The second-order valence-corrected chi connectivity index (χ2v) is 9.63. The molecule has 1 unspecified atom stereocenters. The number of nitrogens with zero attached hydrogens (tertiary/aromatic N) is 2. The largest absolute Gasteiger partial charge is 0.481 e. The van der Waals surface area contributed by atoms with E-state index in [2.05, 4.69) is 0 Å². The van der Waals surface area contributed by atoms with Crippen LogP contribution in [0.5, 0.6) is 0 Å². The van der Waals surface area contributed by atoms with Crippen molar-refractivity contribution in [3.05, 3.63) is 53.6 Å². The van der Waals surface area contributed by atoms with E-state index in [0.717, 1.165) is 16.8 Å². The second-order valence-electron chi connectivity index (χ2n) is 7.82. The fourth-order valence-electron chi connectivity index (χ4n) is 4.34. The van der Waals surface area contributed by atoms with Crippen LogP contribution in [-0.2, 0) is 32.5 Å². The Hall–Kier alpha value is -2.87. The molecule has 0 aliphatic carbocycles. The topological polar surface area (TPSA) is 95.0 Å². The van der Waals surface area contributed by atoms with Gasteiger partial charge in [-0.2, -0.15) is 0 Å². The molecular formula is C22H24N2O5S. The van der Waals surface area contributed by atoms with Crippen LogP contribution >= 0.6 is 0 Å². The highest BCUT2D eigenvalue weighted by Crippen LogP contribution is 2.38. The van der Waals surface area contributed by atoms with Crippen LogP contribution in [0.3, 0.4) is 0 Å². The number of carbonyl (C=O) groups excluding carboxylic acids is 1. The molecule has 30 heavy (non-hydrogen) atoms. The molecule has 2 aliphatic rings. The first-order valence-corrected chi connectivity index (χ1v) is 11.5. The van der Waals surface area contributed by atoms with E-state index in [1.54, 1.807) is 23.1 Å². The fraction of sp³-hybridized carbons (Fsp3) is 0.364. The number of sulfonamides is 1. The number of carbonyl (C=O) groups is 2. The number of rotatable bonds is 6. The van der Waals surface area contributed by atoms with Crippen LogP contribution in [0.2, 0.25) is 0 Å². The molecule has 0 saturated carbocycles. The molecule has 1 atom stereocenters. The monoisotopic (exact) mass is 428 g/mol. The normalized spacial score (nSPS) is 17.7. The van der Waals surface area contributed by atoms with Crippen molar-refractivity contribution in [2.24, 2.45) is 0 Å². The van der Waals surface area contributed by atoms with E-state index in [9.17, 15) is 18.0 Å². The van der Waals surface area contributed by atoms with Crippen LogP contribution in [0.1, 0.15) is 37.3 Å². The number of hydrogen-bond donors (Lipinski definition) is 1. The maximum absolute atomic E-state index is 13.4. The van der Waals surface area contributed by atoms with Crippen molar-refractivity contribution in [1.29, 1.82) is 0 Å². The molecule has 2 heterocycles. The number of carboxylic acid groups (broad SMARTS) is 1. The van der Waals surface area contributed by atoms with E-state index in [4.69, 9.17) is 5.11 Å². The lowest BCUT2D eigenvalue weighted by Gasteiger charge is -2.25. The SMILES string of the molecule is CC1Cc2ccccc2N1S(=O)(=O)c1ccc2c(c1)CCN2C(=O)CCCC(=O)O. The third-order valence-corrected chi connectivity index (χ3v) is 7.65. The molecule has 158 valence electrons. The van der Waals surface area contributed by atoms with Gasteiger partial charge in [0.1, 0.15) is 0 Å². The van der Waals surface area contributed by atoms with Crippen molar-refractivity contribution in [2.45, 2.75) is 50.0 Å². The summed E-state index contributed by atoms with van der Waals surface area (Å²) < 4.78 is 28.3. The Morgan fingerprint density at radius 2 is 1.83 bits per heavy atom. The van der Waals surface area contributed by atoms with Crippen LogP contribution < -0.4 is 9.21 Å². The fourth-order valence-corrected chi connectivity index (χ4v) is 6.08. The highest BCUT2D eigenvalue weighted by Gasteiger charge is 2.36. The molecule has 0 bridgehead atoms. The molecule has 0 saturated heterocycles. The Kier molecular flexibility index (Phi) is 5.27. The average Bonchev–Trinajstić information content (AvgIpc) is 3.27. The molecule has 2 aromatic rings. The minimum Gasteiger partial charge on any atom is -0.481 e. The number of hydrogen-bond acceptors (Lipinski definition) is 4. The molecule has 0 spiro atoms. The molecule has 0 fully saturated rings. The maximum atomic E-state index is 13.4. The zero-order chi connectivity index (χ0) is 21.5. The Balaban J connectivity index is 1.58. The van der Waals surface area contributed by atoms with Gasteiger partial charge in [-0.15, -0.1) is 0 Å². The van der Waals surface area contributed by atoms with Crippen LogP contribution in [0, 0.1) is 0 Å². The number of aliphatic carboxylic acids is 1. The summed E-state index contributed by atoms with van der Waals surface area (Å²) in [6.07, 6.45) is 1.67. The minimum absolute atomic E-state index is 0.0425. The van der Waals surface area contributed by atoms with Crippen molar-refractivity contribution in [3.8, 4) is 0 Å². The molecule has 2 aromatic carbocycles. The highest BCUT2D eigenvalue weighted by molar-refractivity contribution is 7.92. The molecule has 0 radical (unpaired) electrons. The first-order valence-electron chi connectivity index (χ1n) is 10.1. The van der Waals surface area contributed by atoms with E-state index in [1.807, 2.05) is 31.2 Å². The van der Waals surface area contributed by atoms with Gasteiger partial charge in [-0.1, -0.05) is 18.2 Å². The van der Waals surface area contributed by atoms with Crippen LogP contribution in [0.15, 0.2) is 47.4 Å². The van der Waals surface area contributed by atoms with E-state index in [1.165, 1.54) is 4.31 Å². The van der Waals surface area contributed by atoms with Gasteiger partial charge < -0.3 is 10.0 Å². The van der Waals surface area contributed by atoms with Gasteiger partial charge in [0.15, 0.2) is 0 Å². The number of benzene rings is 2. The molecule has 8 heteroatoms. The van der Waals surface area contributed by atoms with Gasteiger partial charge in [0.2, 0.25) is 5.91 Å². The summed E-state index contributed by atoms with van der Waals surface area (Å²) in [7, 11) is -3.72. The molecule has 7 nitrogen and oxygen atoms in total. The lowest BCUT2D eigenvalue weighted by Crippen LogP contribution is -2.35. The Labute approximate surface area is 176 Å². The first kappa shape index (κ1) is 20.4. The molecule has 0 aromatic heterocycles. The lowest BCUT2D eigenvalue weighted by atomic mass is 10.1. The average molecular weight is 429 g/mol. The van der Waals surface area contributed by atoms with Crippen molar-refractivity contribution in [1.82, 2.24) is 0 Å². The van der Waals surface area contributed by atoms with E-state index >= 15 is 0 Å². The first-order chi connectivity index (χ1) is 14.3. The Morgan fingerprint density at radius 1 is 1.07 bits per heavy atom. The molecular weight excluding hydrogens is 404 g/mol. The van der Waals surface area contributed by atoms with E-state index in [0.29, 0.717) is 31.5 Å². The smallest absolute Gasteiger partial charge is 0.303 e. The summed E-state index contributed by atoms with van der Waals surface area (Å²) in [5, 5.41) is 8.74. The zero-order valence-corrected chi connectivity index (χ0v) is 17.6. The molecule has 1 amide bonds. The lowest BCUT2D eigenvalue weighted by molar-refractivity contribution is -0.137. The molecule has 4 rings (SSSR count). The predicted octanol–water partition coefficient (Wildman–Crippen LogP) is 2.97. The zero-order valence-electron chi connectivity index (χ0n) is 16.7. The van der Waals surface area contributed by atoms with Gasteiger partial charge >= 0.3 is 5.97 Å². The molecule has 2 aliphatic heterocycles. The quantitative estimate of drug-likeness (QED) is 0.763. The number of anilines is 2. The maximum Gasteiger partial charge on any atom is 0.303 e. The summed E-state index contributed by atoms with van der Waals surface area (Å²) in [6.45, 7) is 2.39. The second kappa shape index (κ2) is 7.75. The van der Waals surface area contributed by atoms with Gasteiger partial charge in [-0.25, -0.2) is 8.42 Å². The third kappa shape index (κ3) is 3.56. The standard InChI is InChI=1S/C22H24N2O5S/c1-15-13-16-5-2-3-6-20(16)24(15)30(28,29)18-9-10-19-17(14-18)11-12-23(19)21(25)7-4-8-22(26)27/h2-3,5-6,9-10,14-15H,4,7-8,11-13H2,1H3,(H,26,27). The van der Waals surface area contributed by atoms with Gasteiger partial charge in [0.05, 0.1) is 10.6 Å². The van der Waals surface area contributed by atoms with Gasteiger partial charge in [0.25, 0.3) is 10.0 Å². The predicted molar refractivity (Wildman–Crippen MR) is 113 cm³/mol. The summed E-state index contributed by atoms with van der Waals surface area (Å²) >= 11 is 0. The summed E-state index contributed by atoms with van der Waals surface area (Å²) in [6, 6.07) is 12.3. The van der Waals surface area contributed by atoms with Crippen molar-refractivity contribution >= 4 is 33.3 Å². The van der Waals surface area contributed by atoms with Crippen molar-refractivity contribution in [2.75, 3.05) is 15.7 Å². The number of carboxylic acids is 1. The molecule has 1 N–H and O–H groups in total. The van der Waals surface area contributed by atoms with Crippen molar-refractivity contribution < 1.29 is 23.1 Å². The van der Waals surface area contributed by atoms with Crippen molar-refractivity contribution in [3.63, 3.8) is 0 Å². The van der Waals surface area contributed by atoms with Crippen LogP contribution in [0.25, 0.3) is 0 Å². The van der Waals surface area contributed by atoms with E-state index in [-0.39, 0.29) is 29.7 Å². The number of fused-ring (bicyclic) bond motifs is 2. The Bertz CT molecular complexity index is 1110. The minimum atomic E-state index is -3.72. The highest BCUT2D eigenvalue weighted by atomic mass is 32.2. The van der Waals surface area contributed by atoms with Crippen LogP contribution in [-0.4, -0.2) is 38.0 Å². The number of amides is 1. The van der Waals surface area contributed by atoms with Gasteiger partial charge in [-0.05, 0) is 61.6 Å². The summed E-state index contributed by atoms with van der Waals surface area (Å²) in [5.41, 5.74) is 3.28. The summed E-state index contributed by atoms with van der Waals surface area (Å²) in [5.74, 6) is -1.05. The summed E-state index contributed by atoms with van der Waals surface area (Å²) in [4.78, 5) is 25.0. The van der Waals surface area contributed by atoms with E-state index < -0.39 is 16.0 Å². The number of para-hydroxylation sites is 1. The van der Waals surface area contributed by atoms with Gasteiger partial charge in [0, 0.05) is 31.1 Å². The van der Waals surface area contributed by atoms with Gasteiger partial charge in [-0.3, -0.25) is 13.9 Å².